The summed E-state index contributed by atoms with van der Waals surface area (Å²) in [5.74, 6) is 0.0948. The van der Waals surface area contributed by atoms with Crippen molar-refractivity contribution in [1.29, 1.82) is 0 Å². The van der Waals surface area contributed by atoms with E-state index >= 15 is 0 Å². The number of aromatic nitrogens is 2. The molecule has 0 saturated heterocycles. The van der Waals surface area contributed by atoms with E-state index in [4.69, 9.17) is 4.98 Å². The maximum Gasteiger partial charge on any atom is 0.407 e. The normalized spacial score (nSPS) is 18.3. The fourth-order valence-electron chi connectivity index (χ4n) is 4.21. The molecule has 10 nitrogen and oxygen atoms in total. The average molecular weight is 447 g/mol. The van der Waals surface area contributed by atoms with Crippen LogP contribution in [0.2, 0.25) is 0 Å². The van der Waals surface area contributed by atoms with Gasteiger partial charge in [-0.15, -0.1) is 0 Å². The second kappa shape index (κ2) is 9.32. The first-order chi connectivity index (χ1) is 15.0. The summed E-state index contributed by atoms with van der Waals surface area (Å²) in [6.07, 6.45) is 2.41. The van der Waals surface area contributed by atoms with Gasteiger partial charge in [0.1, 0.15) is 11.9 Å². The summed E-state index contributed by atoms with van der Waals surface area (Å²) in [6.45, 7) is 8.61. The molecule has 2 aliphatic heterocycles. The third-order valence-corrected chi connectivity index (χ3v) is 6.05. The van der Waals surface area contributed by atoms with Gasteiger partial charge in [0.25, 0.3) is 5.91 Å². The number of nitrogens with one attached hydrogen (secondary N) is 2. The Labute approximate surface area is 188 Å². The molecule has 1 aromatic heterocycles. The van der Waals surface area contributed by atoms with Gasteiger partial charge >= 0.3 is 6.09 Å². The molecule has 3 N–H and O–H groups in total. The summed E-state index contributed by atoms with van der Waals surface area (Å²) in [7, 11) is 3.57. The van der Waals surface area contributed by atoms with Gasteiger partial charge < -0.3 is 30.1 Å². The number of carbonyl (C=O) groups excluding carboxylic acids is 2. The summed E-state index contributed by atoms with van der Waals surface area (Å²) in [6, 6.07) is -0.706. The van der Waals surface area contributed by atoms with Crippen molar-refractivity contribution in [2.45, 2.75) is 52.7 Å². The summed E-state index contributed by atoms with van der Waals surface area (Å²) >= 11 is 0. The van der Waals surface area contributed by atoms with E-state index in [9.17, 15) is 19.5 Å². The highest BCUT2D eigenvalue weighted by Crippen LogP contribution is 2.28. The molecule has 0 radical (unpaired) electrons. The van der Waals surface area contributed by atoms with Crippen molar-refractivity contribution in [1.82, 2.24) is 30.0 Å². The van der Waals surface area contributed by atoms with Crippen LogP contribution in [0.5, 0.6) is 0 Å². The van der Waals surface area contributed by atoms with Gasteiger partial charge in [-0.05, 0) is 37.4 Å². The van der Waals surface area contributed by atoms with E-state index in [2.05, 4.69) is 20.1 Å². The number of hydrogen-bond donors (Lipinski definition) is 3. The Bertz CT molecular complexity index is 930. The topological polar surface area (TPSA) is 120 Å². The number of fused-ring (bicyclic) bond motifs is 1. The van der Waals surface area contributed by atoms with Gasteiger partial charge in [0, 0.05) is 33.2 Å². The molecule has 0 aliphatic carbocycles. The Hall–Kier alpha value is -2.88. The van der Waals surface area contributed by atoms with Crippen LogP contribution in [0.3, 0.4) is 0 Å². The van der Waals surface area contributed by atoms with E-state index in [1.807, 2.05) is 33.9 Å². The number of rotatable bonds is 4. The first-order valence-corrected chi connectivity index (χ1v) is 11.0. The van der Waals surface area contributed by atoms with Crippen LogP contribution in [-0.2, 0) is 17.9 Å². The Morgan fingerprint density at radius 2 is 1.91 bits per heavy atom. The zero-order valence-corrected chi connectivity index (χ0v) is 19.6. The van der Waals surface area contributed by atoms with Gasteiger partial charge in [-0.3, -0.25) is 9.59 Å². The zero-order chi connectivity index (χ0) is 23.6. The Morgan fingerprint density at radius 1 is 1.19 bits per heavy atom. The standard InChI is InChI=1S/C22H34N6O4/c1-22(2,3)17(20(30)23-4)25-19(29)16-15-13-26(5)9-6-10-28(15)18(24-16)14-7-11-27(12-8-14)21(31)32/h7,17H,6,8-13H2,1-5H3,(H,23,30)(H,25,29)(H,31,32)/t17-/m1/s1. The molecule has 10 heteroatoms. The molecular formula is C22H34N6O4. The SMILES string of the molecule is CNC(=O)[C@@H](NC(=O)c1nc(C2=CCN(C(=O)O)CC2)n2c1CN(C)CCC2)C(C)(C)C. The number of nitrogens with zero attached hydrogens (tertiary/aromatic N) is 4. The molecule has 1 atom stereocenters. The fourth-order valence-corrected chi connectivity index (χ4v) is 4.21. The first-order valence-electron chi connectivity index (χ1n) is 11.0. The maximum absolute atomic E-state index is 13.4. The van der Waals surface area contributed by atoms with Crippen LogP contribution in [-0.4, -0.2) is 82.1 Å². The number of likely N-dealkylation sites (N-methyl/N-ethyl adjacent to an activating group) is 1. The van der Waals surface area contributed by atoms with Crippen molar-refractivity contribution in [3.05, 3.63) is 23.3 Å². The molecule has 2 aliphatic rings. The Balaban J connectivity index is 1.98. The van der Waals surface area contributed by atoms with Gasteiger partial charge in [0.15, 0.2) is 5.69 Å². The fraction of sp³-hybridized carbons (Fsp3) is 0.636. The zero-order valence-electron chi connectivity index (χ0n) is 19.6. The van der Waals surface area contributed by atoms with E-state index in [0.717, 1.165) is 36.6 Å². The van der Waals surface area contributed by atoms with E-state index in [0.29, 0.717) is 31.7 Å². The summed E-state index contributed by atoms with van der Waals surface area (Å²) in [5.41, 5.74) is 1.63. The molecule has 0 bridgehead atoms. The van der Waals surface area contributed by atoms with Gasteiger partial charge in [0.2, 0.25) is 5.91 Å². The Kier molecular flexibility index (Phi) is 6.92. The van der Waals surface area contributed by atoms with Crippen LogP contribution in [0.4, 0.5) is 4.79 Å². The van der Waals surface area contributed by atoms with E-state index in [1.54, 1.807) is 7.05 Å². The molecule has 0 unspecified atom stereocenters. The molecule has 1 aromatic rings. The molecule has 0 fully saturated rings. The molecule has 0 spiro atoms. The van der Waals surface area contributed by atoms with E-state index in [1.165, 1.54) is 4.90 Å². The molecule has 0 saturated carbocycles. The van der Waals surface area contributed by atoms with Crippen molar-refractivity contribution in [2.75, 3.05) is 33.7 Å². The maximum atomic E-state index is 13.4. The molecule has 176 valence electrons. The van der Waals surface area contributed by atoms with Crippen molar-refractivity contribution in [3.8, 4) is 0 Å². The quantitative estimate of drug-likeness (QED) is 0.643. The second-order valence-corrected chi connectivity index (χ2v) is 9.57. The van der Waals surface area contributed by atoms with Crippen LogP contribution < -0.4 is 10.6 Å². The van der Waals surface area contributed by atoms with E-state index in [-0.39, 0.29) is 11.8 Å². The molecule has 0 aromatic carbocycles. The predicted molar refractivity (Wildman–Crippen MR) is 120 cm³/mol. The molecule has 3 heterocycles. The number of carboxylic acid groups (broad SMARTS) is 1. The monoisotopic (exact) mass is 446 g/mol. The van der Waals surface area contributed by atoms with Crippen LogP contribution in [0.15, 0.2) is 6.08 Å². The van der Waals surface area contributed by atoms with Gasteiger partial charge in [0.05, 0.1) is 5.69 Å². The summed E-state index contributed by atoms with van der Waals surface area (Å²) in [5, 5.41) is 14.8. The third-order valence-electron chi connectivity index (χ3n) is 6.05. The lowest BCUT2D eigenvalue weighted by Crippen LogP contribution is -2.53. The number of imidazole rings is 1. The lowest BCUT2D eigenvalue weighted by molar-refractivity contribution is -0.124. The molecular weight excluding hydrogens is 412 g/mol. The molecule has 3 rings (SSSR count). The first kappa shape index (κ1) is 23.8. The van der Waals surface area contributed by atoms with Gasteiger partial charge in [-0.1, -0.05) is 26.8 Å². The van der Waals surface area contributed by atoms with Crippen LogP contribution >= 0.6 is 0 Å². The number of amides is 3. The third kappa shape index (κ3) is 4.95. The Morgan fingerprint density at radius 3 is 2.47 bits per heavy atom. The van der Waals surface area contributed by atoms with Crippen molar-refractivity contribution < 1.29 is 19.5 Å². The predicted octanol–water partition coefficient (Wildman–Crippen LogP) is 1.38. The second-order valence-electron chi connectivity index (χ2n) is 9.57. The minimum atomic E-state index is -0.939. The van der Waals surface area contributed by atoms with Crippen molar-refractivity contribution in [3.63, 3.8) is 0 Å². The smallest absolute Gasteiger partial charge is 0.407 e. The van der Waals surface area contributed by atoms with Crippen molar-refractivity contribution in [2.24, 2.45) is 5.41 Å². The molecule has 32 heavy (non-hydrogen) atoms. The van der Waals surface area contributed by atoms with E-state index < -0.39 is 17.6 Å². The lowest BCUT2D eigenvalue weighted by atomic mass is 9.86. The largest absolute Gasteiger partial charge is 0.465 e. The number of carbonyl (C=O) groups is 3. The van der Waals surface area contributed by atoms with Crippen LogP contribution in [0, 0.1) is 5.41 Å². The average Bonchev–Trinajstić information content (AvgIpc) is 2.97. The highest BCUT2D eigenvalue weighted by Gasteiger charge is 2.35. The molecule has 3 amide bonds. The summed E-state index contributed by atoms with van der Waals surface area (Å²) in [4.78, 5) is 45.3. The minimum absolute atomic E-state index is 0.253. The highest BCUT2D eigenvalue weighted by atomic mass is 16.4. The van der Waals surface area contributed by atoms with Crippen molar-refractivity contribution >= 4 is 23.5 Å². The minimum Gasteiger partial charge on any atom is -0.465 e. The van der Waals surface area contributed by atoms with Crippen LogP contribution in [0.1, 0.15) is 55.6 Å². The van der Waals surface area contributed by atoms with Gasteiger partial charge in [-0.25, -0.2) is 9.78 Å². The number of hydrogen-bond acceptors (Lipinski definition) is 5. The lowest BCUT2D eigenvalue weighted by Gasteiger charge is -2.29. The summed E-state index contributed by atoms with van der Waals surface area (Å²) < 4.78 is 2.09. The van der Waals surface area contributed by atoms with Gasteiger partial charge in [-0.2, -0.15) is 0 Å². The van der Waals surface area contributed by atoms with Crippen LogP contribution in [0.25, 0.3) is 5.57 Å². The highest BCUT2D eigenvalue weighted by molar-refractivity contribution is 5.97.